The summed E-state index contributed by atoms with van der Waals surface area (Å²) in [7, 11) is -4.13. The number of aromatic nitrogens is 1. The van der Waals surface area contributed by atoms with Crippen LogP contribution in [0.25, 0.3) is 22.0 Å². The van der Waals surface area contributed by atoms with E-state index in [-0.39, 0.29) is 11.9 Å². The predicted octanol–water partition coefficient (Wildman–Crippen LogP) is 4.60. The number of nitrogens with one attached hydrogen (secondary N) is 1. The van der Waals surface area contributed by atoms with Crippen molar-refractivity contribution in [3.8, 4) is 11.3 Å². The minimum Gasteiger partial charge on any atom is -0.321 e. The molecule has 1 atom stereocenters. The summed E-state index contributed by atoms with van der Waals surface area (Å²) in [5.41, 5.74) is 0.836. The average molecular weight is 385 g/mol. The van der Waals surface area contributed by atoms with Crippen LogP contribution in [0, 0.1) is 0 Å². The van der Waals surface area contributed by atoms with Gasteiger partial charge in [0.2, 0.25) is 0 Å². The lowest BCUT2D eigenvalue weighted by atomic mass is 10.0. The molecule has 1 heterocycles. The maximum atomic E-state index is 12.4. The molecular formula is C21H24NO4P. The third kappa shape index (κ3) is 4.75. The number of unbranched alkanes of at least 4 members (excludes halogenated alkanes) is 3. The first-order valence-corrected chi connectivity index (χ1v) is 10.8. The summed E-state index contributed by atoms with van der Waals surface area (Å²) in [4.78, 5) is 25.2. The van der Waals surface area contributed by atoms with Gasteiger partial charge < -0.3 is 14.4 Å². The summed E-state index contributed by atoms with van der Waals surface area (Å²) < 4.78 is 17.5. The molecule has 3 rings (SSSR count). The van der Waals surface area contributed by atoms with E-state index in [1.54, 1.807) is 6.07 Å². The predicted molar refractivity (Wildman–Crippen MR) is 110 cm³/mol. The Morgan fingerprint density at radius 2 is 1.78 bits per heavy atom. The van der Waals surface area contributed by atoms with Gasteiger partial charge in [-0.05, 0) is 41.0 Å². The van der Waals surface area contributed by atoms with Gasteiger partial charge in [-0.25, -0.2) is 0 Å². The van der Waals surface area contributed by atoms with Crippen LogP contribution in [-0.2, 0) is 9.09 Å². The fourth-order valence-corrected chi connectivity index (χ4v) is 4.09. The van der Waals surface area contributed by atoms with Crippen LogP contribution in [0.1, 0.15) is 32.6 Å². The van der Waals surface area contributed by atoms with Crippen molar-refractivity contribution in [1.29, 1.82) is 0 Å². The van der Waals surface area contributed by atoms with Gasteiger partial charge in [0, 0.05) is 5.69 Å². The number of hydrogen-bond acceptors (Lipinski definition) is 3. The lowest BCUT2D eigenvalue weighted by Crippen LogP contribution is -2.28. The monoisotopic (exact) mass is 385 g/mol. The molecule has 1 unspecified atom stereocenters. The van der Waals surface area contributed by atoms with E-state index in [9.17, 15) is 14.3 Å². The van der Waals surface area contributed by atoms with Crippen molar-refractivity contribution in [2.45, 2.75) is 32.6 Å². The fourth-order valence-electron chi connectivity index (χ4n) is 3.00. The number of pyridine rings is 1. The van der Waals surface area contributed by atoms with Gasteiger partial charge in [-0.1, -0.05) is 62.6 Å². The van der Waals surface area contributed by atoms with Crippen molar-refractivity contribution in [3.63, 3.8) is 0 Å². The van der Waals surface area contributed by atoms with Gasteiger partial charge in [0.05, 0.1) is 6.61 Å². The minimum absolute atomic E-state index is 0.166. The molecule has 0 saturated heterocycles. The van der Waals surface area contributed by atoms with Crippen LogP contribution in [0.4, 0.5) is 0 Å². The van der Waals surface area contributed by atoms with Gasteiger partial charge in [0.15, 0.2) is 0 Å². The van der Waals surface area contributed by atoms with Crippen molar-refractivity contribution >= 4 is 23.7 Å². The molecule has 3 aromatic rings. The maximum absolute atomic E-state index is 12.4. The number of H-pyrrole nitrogens is 1. The summed E-state index contributed by atoms with van der Waals surface area (Å²) in [6.07, 6.45) is 3.77. The molecule has 0 fully saturated rings. The van der Waals surface area contributed by atoms with Crippen molar-refractivity contribution < 1.29 is 14.0 Å². The van der Waals surface area contributed by atoms with Crippen molar-refractivity contribution in [3.05, 3.63) is 65.0 Å². The molecule has 0 aliphatic heterocycles. The van der Waals surface area contributed by atoms with Crippen LogP contribution in [0.5, 0.6) is 0 Å². The number of fused-ring (bicyclic) bond motifs is 1. The Labute approximate surface area is 158 Å². The van der Waals surface area contributed by atoms with Gasteiger partial charge >= 0.3 is 7.60 Å². The molecular weight excluding hydrogens is 361 g/mol. The third-order valence-corrected chi connectivity index (χ3v) is 6.01. The molecule has 0 saturated carbocycles. The minimum atomic E-state index is -4.13. The normalized spacial score (nSPS) is 13.6. The number of hydrogen-bond donors (Lipinski definition) is 2. The van der Waals surface area contributed by atoms with Crippen LogP contribution in [0.2, 0.25) is 0 Å². The second-order valence-electron chi connectivity index (χ2n) is 6.56. The van der Waals surface area contributed by atoms with Gasteiger partial charge in [0.25, 0.3) is 5.56 Å². The SMILES string of the molecule is CCCCCCOP(=O)(O)c1ccc(-c2ccc3ccccc3c2)[nH]c1=O. The molecule has 0 aliphatic rings. The highest BCUT2D eigenvalue weighted by molar-refractivity contribution is 7.61. The van der Waals surface area contributed by atoms with Crippen LogP contribution in [-0.4, -0.2) is 16.5 Å². The Kier molecular flexibility index (Phi) is 6.27. The molecule has 0 amide bonds. The first kappa shape index (κ1) is 19.6. The summed E-state index contributed by atoms with van der Waals surface area (Å²) in [5, 5.41) is 1.95. The van der Waals surface area contributed by atoms with Crippen LogP contribution >= 0.6 is 7.60 Å². The summed E-state index contributed by atoms with van der Waals surface area (Å²) in [6.45, 7) is 2.26. The number of rotatable bonds is 8. The molecule has 6 heteroatoms. The van der Waals surface area contributed by atoms with E-state index >= 15 is 0 Å². The van der Waals surface area contributed by atoms with E-state index < -0.39 is 13.2 Å². The number of aromatic amines is 1. The van der Waals surface area contributed by atoms with Crippen molar-refractivity contribution in [2.24, 2.45) is 0 Å². The maximum Gasteiger partial charge on any atom is 0.364 e. The van der Waals surface area contributed by atoms with Crippen molar-refractivity contribution in [1.82, 2.24) is 4.98 Å². The molecule has 0 radical (unpaired) electrons. The summed E-state index contributed by atoms with van der Waals surface area (Å²) >= 11 is 0. The van der Waals surface area contributed by atoms with Gasteiger partial charge in [-0.15, -0.1) is 0 Å². The van der Waals surface area contributed by atoms with Crippen LogP contribution < -0.4 is 10.9 Å². The van der Waals surface area contributed by atoms with Gasteiger partial charge in [-0.2, -0.15) is 0 Å². The Hall–Kier alpha value is -2.20. The quantitative estimate of drug-likeness (QED) is 0.439. The Bertz CT molecular complexity index is 1030. The van der Waals surface area contributed by atoms with Crippen molar-refractivity contribution in [2.75, 3.05) is 6.61 Å². The van der Waals surface area contributed by atoms with E-state index in [4.69, 9.17) is 4.52 Å². The first-order valence-electron chi connectivity index (χ1n) is 9.21. The van der Waals surface area contributed by atoms with E-state index in [0.717, 1.165) is 35.6 Å². The van der Waals surface area contributed by atoms with E-state index in [1.165, 1.54) is 6.07 Å². The molecule has 5 nitrogen and oxygen atoms in total. The molecule has 1 aromatic heterocycles. The zero-order chi connectivity index (χ0) is 19.3. The van der Waals surface area contributed by atoms with Gasteiger partial charge in [-0.3, -0.25) is 9.36 Å². The molecule has 0 spiro atoms. The van der Waals surface area contributed by atoms with Crippen LogP contribution in [0.3, 0.4) is 0 Å². The molecule has 142 valence electrons. The highest BCUT2D eigenvalue weighted by Crippen LogP contribution is 2.39. The summed E-state index contributed by atoms with van der Waals surface area (Å²) in [5.74, 6) is 0. The molecule has 27 heavy (non-hydrogen) atoms. The Morgan fingerprint density at radius 1 is 1.00 bits per heavy atom. The first-order chi connectivity index (χ1) is 13.0. The van der Waals surface area contributed by atoms with E-state index in [0.29, 0.717) is 12.1 Å². The zero-order valence-electron chi connectivity index (χ0n) is 15.4. The lowest BCUT2D eigenvalue weighted by Gasteiger charge is -2.12. The van der Waals surface area contributed by atoms with Crippen LogP contribution in [0.15, 0.2) is 59.4 Å². The smallest absolute Gasteiger partial charge is 0.321 e. The largest absolute Gasteiger partial charge is 0.364 e. The third-order valence-electron chi connectivity index (χ3n) is 4.52. The summed E-state index contributed by atoms with van der Waals surface area (Å²) in [6, 6.07) is 16.8. The molecule has 0 bridgehead atoms. The fraction of sp³-hybridized carbons (Fsp3) is 0.286. The Morgan fingerprint density at radius 3 is 2.52 bits per heavy atom. The second kappa shape index (κ2) is 8.66. The average Bonchev–Trinajstić information content (AvgIpc) is 2.67. The second-order valence-corrected chi connectivity index (χ2v) is 8.34. The highest BCUT2D eigenvalue weighted by atomic mass is 31.2. The molecule has 2 aromatic carbocycles. The number of benzene rings is 2. The van der Waals surface area contributed by atoms with E-state index in [1.807, 2.05) is 42.5 Å². The van der Waals surface area contributed by atoms with E-state index in [2.05, 4.69) is 11.9 Å². The van der Waals surface area contributed by atoms with Gasteiger partial charge in [0.1, 0.15) is 5.30 Å². The highest BCUT2D eigenvalue weighted by Gasteiger charge is 2.26. The molecule has 2 N–H and O–H groups in total. The molecule has 0 aliphatic carbocycles. The zero-order valence-corrected chi connectivity index (χ0v) is 16.2. The topological polar surface area (TPSA) is 79.4 Å². The standard InChI is InChI=1S/C21H24NO4P/c1-2-3-4-7-14-26-27(24,25)20-13-12-19(22-21(20)23)18-11-10-16-8-5-6-9-17(16)15-18/h5-6,8-13,15H,2-4,7,14H2,1H3,(H,22,23)(H,24,25). The Balaban J connectivity index is 1.80. The lowest BCUT2D eigenvalue weighted by molar-refractivity contribution is 0.261.